The van der Waals surface area contributed by atoms with Crippen LogP contribution in [0.15, 0.2) is 30.3 Å². The molecule has 5 nitrogen and oxygen atoms in total. The number of hydrogen-bond donors (Lipinski definition) is 2. The molecule has 134 valence electrons. The molecule has 0 radical (unpaired) electrons. The smallest absolute Gasteiger partial charge is 0.166 e. The van der Waals surface area contributed by atoms with Gasteiger partial charge in [0.25, 0.3) is 0 Å². The van der Waals surface area contributed by atoms with Gasteiger partial charge in [-0.1, -0.05) is 18.2 Å². The lowest BCUT2D eigenvalue weighted by Crippen LogP contribution is -2.53. The molecule has 1 aromatic rings. The van der Waals surface area contributed by atoms with E-state index in [1.54, 1.807) is 7.11 Å². The molecule has 1 unspecified atom stereocenters. The van der Waals surface area contributed by atoms with E-state index >= 15 is 0 Å². The van der Waals surface area contributed by atoms with E-state index in [1.807, 2.05) is 0 Å². The fraction of sp³-hybridized carbons (Fsp3) is 0.611. The molecule has 1 heterocycles. The SMILES string of the molecule is COCCCNC(=S)NCC(C)N1CCN(c2ccccc2)CC1. The Morgan fingerprint density at radius 2 is 1.88 bits per heavy atom. The third kappa shape index (κ3) is 6.26. The van der Waals surface area contributed by atoms with Crippen molar-refractivity contribution in [3.8, 4) is 0 Å². The average Bonchev–Trinajstić information content (AvgIpc) is 2.64. The summed E-state index contributed by atoms with van der Waals surface area (Å²) in [5.74, 6) is 0. The summed E-state index contributed by atoms with van der Waals surface area (Å²) < 4.78 is 5.03. The number of benzene rings is 1. The van der Waals surface area contributed by atoms with Gasteiger partial charge in [0.15, 0.2) is 5.11 Å². The van der Waals surface area contributed by atoms with Crippen molar-refractivity contribution in [2.24, 2.45) is 0 Å². The Kier molecular flexibility index (Phi) is 8.28. The lowest BCUT2D eigenvalue weighted by atomic mass is 10.2. The number of hydrogen-bond acceptors (Lipinski definition) is 4. The van der Waals surface area contributed by atoms with Gasteiger partial charge in [0.1, 0.15) is 0 Å². The highest BCUT2D eigenvalue weighted by atomic mass is 32.1. The van der Waals surface area contributed by atoms with Crippen molar-refractivity contribution in [2.45, 2.75) is 19.4 Å². The van der Waals surface area contributed by atoms with Crippen LogP contribution in [0, 0.1) is 0 Å². The monoisotopic (exact) mass is 350 g/mol. The van der Waals surface area contributed by atoms with Gasteiger partial charge in [0.2, 0.25) is 0 Å². The maximum atomic E-state index is 5.32. The normalized spacial score (nSPS) is 16.7. The van der Waals surface area contributed by atoms with Crippen molar-refractivity contribution in [3.05, 3.63) is 30.3 Å². The highest BCUT2D eigenvalue weighted by Gasteiger charge is 2.21. The fourth-order valence-corrected chi connectivity index (χ4v) is 3.10. The zero-order chi connectivity index (χ0) is 17.2. The van der Waals surface area contributed by atoms with Crippen molar-refractivity contribution in [1.29, 1.82) is 0 Å². The molecule has 0 bridgehead atoms. The van der Waals surface area contributed by atoms with Crippen molar-refractivity contribution in [1.82, 2.24) is 15.5 Å². The second-order valence-corrected chi connectivity index (χ2v) is 6.60. The Balaban J connectivity index is 1.64. The van der Waals surface area contributed by atoms with E-state index < -0.39 is 0 Å². The summed E-state index contributed by atoms with van der Waals surface area (Å²) >= 11 is 5.32. The van der Waals surface area contributed by atoms with Crippen molar-refractivity contribution in [2.75, 3.05) is 57.9 Å². The first-order chi connectivity index (χ1) is 11.7. The van der Waals surface area contributed by atoms with Crippen LogP contribution in [0.2, 0.25) is 0 Å². The van der Waals surface area contributed by atoms with Crippen LogP contribution in [0.25, 0.3) is 0 Å². The maximum absolute atomic E-state index is 5.32. The number of ether oxygens (including phenoxy) is 1. The molecule has 0 spiro atoms. The van der Waals surface area contributed by atoms with Crippen LogP contribution in [0.4, 0.5) is 5.69 Å². The molecule has 0 amide bonds. The Morgan fingerprint density at radius 3 is 2.54 bits per heavy atom. The summed E-state index contributed by atoms with van der Waals surface area (Å²) in [6, 6.07) is 11.1. The molecule has 0 saturated carbocycles. The highest BCUT2D eigenvalue weighted by Crippen LogP contribution is 2.16. The van der Waals surface area contributed by atoms with Gasteiger partial charge in [-0.05, 0) is 37.7 Å². The number of para-hydroxylation sites is 1. The van der Waals surface area contributed by atoms with E-state index in [0.717, 1.165) is 57.4 Å². The molecule has 24 heavy (non-hydrogen) atoms. The molecule has 1 fully saturated rings. The van der Waals surface area contributed by atoms with Crippen molar-refractivity contribution >= 4 is 23.0 Å². The molecule has 2 rings (SSSR count). The van der Waals surface area contributed by atoms with Gasteiger partial charge in [-0.3, -0.25) is 4.90 Å². The van der Waals surface area contributed by atoms with Crippen LogP contribution in [-0.2, 0) is 4.74 Å². The molecule has 1 aliphatic rings. The van der Waals surface area contributed by atoms with Crippen LogP contribution in [0.3, 0.4) is 0 Å². The van der Waals surface area contributed by atoms with E-state index in [2.05, 4.69) is 57.7 Å². The lowest BCUT2D eigenvalue weighted by Gasteiger charge is -2.39. The van der Waals surface area contributed by atoms with Crippen LogP contribution < -0.4 is 15.5 Å². The molecule has 1 aromatic carbocycles. The second kappa shape index (κ2) is 10.5. The van der Waals surface area contributed by atoms with Gasteiger partial charge in [-0.15, -0.1) is 0 Å². The summed E-state index contributed by atoms with van der Waals surface area (Å²) in [7, 11) is 1.72. The van der Waals surface area contributed by atoms with Crippen LogP contribution in [-0.4, -0.2) is 69.0 Å². The predicted octanol–water partition coefficient (Wildman–Crippen LogP) is 1.70. The topological polar surface area (TPSA) is 39.8 Å². The van der Waals surface area contributed by atoms with Crippen molar-refractivity contribution in [3.63, 3.8) is 0 Å². The van der Waals surface area contributed by atoms with Gasteiger partial charge < -0.3 is 20.3 Å². The minimum atomic E-state index is 0.474. The molecule has 6 heteroatoms. The van der Waals surface area contributed by atoms with E-state index in [4.69, 9.17) is 17.0 Å². The molecule has 0 aliphatic carbocycles. The first-order valence-corrected chi connectivity index (χ1v) is 9.16. The van der Waals surface area contributed by atoms with Crippen LogP contribution >= 0.6 is 12.2 Å². The minimum Gasteiger partial charge on any atom is -0.385 e. The molecule has 1 aliphatic heterocycles. The number of nitrogens with zero attached hydrogens (tertiary/aromatic N) is 2. The first-order valence-electron chi connectivity index (χ1n) is 8.75. The number of methoxy groups -OCH3 is 1. The summed E-state index contributed by atoms with van der Waals surface area (Å²) in [5, 5.41) is 7.28. The highest BCUT2D eigenvalue weighted by molar-refractivity contribution is 7.80. The Labute approximate surface area is 151 Å². The van der Waals surface area contributed by atoms with Gasteiger partial charge >= 0.3 is 0 Å². The minimum absolute atomic E-state index is 0.474. The predicted molar refractivity (Wildman–Crippen MR) is 105 cm³/mol. The molecular formula is C18H30N4OS. The summed E-state index contributed by atoms with van der Waals surface area (Å²) in [4.78, 5) is 4.98. The summed E-state index contributed by atoms with van der Waals surface area (Å²) in [6.45, 7) is 9.08. The van der Waals surface area contributed by atoms with Gasteiger partial charge in [-0.2, -0.15) is 0 Å². The van der Waals surface area contributed by atoms with E-state index in [1.165, 1.54) is 5.69 Å². The quantitative estimate of drug-likeness (QED) is 0.549. The Hall–Kier alpha value is -1.37. The Bertz CT molecular complexity index is 477. The standard InChI is InChI=1S/C18H30N4OS/c1-16(15-20-18(24)19-9-6-14-23-2)21-10-12-22(13-11-21)17-7-4-3-5-8-17/h3-5,7-8,16H,6,9-15H2,1-2H3,(H2,19,20,24). The van der Waals surface area contributed by atoms with Crippen LogP contribution in [0.5, 0.6) is 0 Å². The van der Waals surface area contributed by atoms with E-state index in [0.29, 0.717) is 6.04 Å². The summed E-state index contributed by atoms with van der Waals surface area (Å²) in [6.07, 6.45) is 0.968. The van der Waals surface area contributed by atoms with Gasteiger partial charge in [-0.25, -0.2) is 0 Å². The fourth-order valence-electron chi connectivity index (χ4n) is 2.91. The lowest BCUT2D eigenvalue weighted by molar-refractivity contribution is 0.195. The Morgan fingerprint density at radius 1 is 1.17 bits per heavy atom. The maximum Gasteiger partial charge on any atom is 0.166 e. The molecule has 1 atom stereocenters. The van der Waals surface area contributed by atoms with Crippen LogP contribution in [0.1, 0.15) is 13.3 Å². The number of nitrogens with one attached hydrogen (secondary N) is 2. The number of rotatable bonds is 8. The third-order valence-electron chi connectivity index (χ3n) is 4.43. The zero-order valence-electron chi connectivity index (χ0n) is 14.8. The third-order valence-corrected chi connectivity index (χ3v) is 4.72. The molecule has 1 saturated heterocycles. The molecule has 2 N–H and O–H groups in total. The molecular weight excluding hydrogens is 320 g/mol. The van der Waals surface area contributed by atoms with Crippen molar-refractivity contribution < 1.29 is 4.74 Å². The van der Waals surface area contributed by atoms with Gasteiger partial charge in [0.05, 0.1) is 0 Å². The van der Waals surface area contributed by atoms with Gasteiger partial charge in [0, 0.05) is 64.7 Å². The first kappa shape index (κ1) is 19.0. The number of anilines is 1. The number of thiocarbonyl (C=S) groups is 1. The molecule has 0 aromatic heterocycles. The van der Waals surface area contributed by atoms with E-state index in [-0.39, 0.29) is 0 Å². The van der Waals surface area contributed by atoms with E-state index in [9.17, 15) is 0 Å². The average molecular weight is 351 g/mol. The second-order valence-electron chi connectivity index (χ2n) is 6.19. The number of piperazine rings is 1. The zero-order valence-corrected chi connectivity index (χ0v) is 15.6. The summed E-state index contributed by atoms with van der Waals surface area (Å²) in [5.41, 5.74) is 1.32. The largest absolute Gasteiger partial charge is 0.385 e.